The Balaban J connectivity index is 2.27. The van der Waals surface area contributed by atoms with Crippen LogP contribution in [0.15, 0.2) is 29.3 Å². The van der Waals surface area contributed by atoms with E-state index in [0.717, 1.165) is 6.07 Å². The van der Waals surface area contributed by atoms with E-state index >= 15 is 0 Å². The second-order valence-electron chi connectivity index (χ2n) is 5.21. The monoisotopic (exact) mass is 299 g/mol. The highest BCUT2D eigenvalue weighted by atomic mass is 19.4. The van der Waals surface area contributed by atoms with Crippen LogP contribution in [0.5, 0.6) is 0 Å². The first-order valence-electron chi connectivity index (χ1n) is 6.56. The van der Waals surface area contributed by atoms with Crippen LogP contribution < -0.4 is 10.9 Å². The van der Waals surface area contributed by atoms with Gasteiger partial charge in [0.25, 0.3) is 5.91 Å². The lowest BCUT2D eigenvalue weighted by molar-refractivity contribution is -0.138. The van der Waals surface area contributed by atoms with Crippen molar-refractivity contribution in [3.63, 3.8) is 0 Å². The van der Waals surface area contributed by atoms with Gasteiger partial charge in [-0.05, 0) is 17.5 Å². The normalized spacial score (nSPS) is 19.0. The van der Waals surface area contributed by atoms with Gasteiger partial charge in [0, 0.05) is 6.42 Å². The van der Waals surface area contributed by atoms with E-state index in [9.17, 15) is 18.0 Å². The smallest absolute Gasteiger partial charge is 0.285 e. The molecule has 114 valence electrons. The van der Waals surface area contributed by atoms with E-state index in [2.05, 4.69) is 15.8 Å². The third kappa shape index (κ3) is 3.53. The molecule has 2 rings (SSSR count). The maximum absolute atomic E-state index is 12.9. The Morgan fingerprint density at radius 2 is 1.90 bits per heavy atom. The van der Waals surface area contributed by atoms with Crippen LogP contribution in [0.4, 0.5) is 13.2 Å². The number of halogens is 3. The van der Waals surface area contributed by atoms with E-state index in [1.165, 1.54) is 12.1 Å². The summed E-state index contributed by atoms with van der Waals surface area (Å²) < 4.78 is 38.8. The summed E-state index contributed by atoms with van der Waals surface area (Å²) in [4.78, 5) is 15.8. The number of benzene rings is 1. The lowest BCUT2D eigenvalue weighted by Crippen LogP contribution is -2.53. The van der Waals surface area contributed by atoms with Crippen LogP contribution >= 0.6 is 0 Å². The van der Waals surface area contributed by atoms with Crippen molar-refractivity contribution in [2.75, 3.05) is 0 Å². The Morgan fingerprint density at radius 1 is 1.24 bits per heavy atom. The molecule has 4 nitrogen and oxygen atoms in total. The molecule has 7 heteroatoms. The van der Waals surface area contributed by atoms with Crippen molar-refractivity contribution in [3.8, 4) is 0 Å². The third-order valence-corrected chi connectivity index (χ3v) is 3.21. The molecule has 1 aliphatic rings. The molecule has 1 aliphatic heterocycles. The van der Waals surface area contributed by atoms with Gasteiger partial charge < -0.3 is 0 Å². The van der Waals surface area contributed by atoms with Gasteiger partial charge in [-0.25, -0.2) is 0 Å². The van der Waals surface area contributed by atoms with Gasteiger partial charge in [0.05, 0.1) is 5.56 Å². The molecule has 1 amide bonds. The van der Waals surface area contributed by atoms with Crippen molar-refractivity contribution in [1.29, 1.82) is 0 Å². The van der Waals surface area contributed by atoms with Gasteiger partial charge in [0.1, 0.15) is 11.9 Å². The number of amides is 1. The molecular weight excluding hydrogens is 283 g/mol. The number of nitrogens with zero attached hydrogens (tertiary/aromatic N) is 1. The molecule has 0 fully saturated rings. The lowest BCUT2D eigenvalue weighted by Gasteiger charge is -2.25. The number of aliphatic imine (C=N–C) groups is 1. The molecule has 0 aromatic heterocycles. The van der Waals surface area contributed by atoms with E-state index in [-0.39, 0.29) is 23.8 Å². The fourth-order valence-electron chi connectivity index (χ4n) is 2.14. The standard InChI is InChI=1S/C14H16F3N3O/c1-8(2)12-13(21)20-19-11(18-12)7-9-5-3-4-6-10(9)14(15,16)17/h3-6,8,12H,7H2,1-2H3,(H,18,19)(H,20,21). The lowest BCUT2D eigenvalue weighted by atomic mass is 10.0. The summed E-state index contributed by atoms with van der Waals surface area (Å²) in [5, 5.41) is 0. The fourth-order valence-corrected chi connectivity index (χ4v) is 2.14. The Hall–Kier alpha value is -2.05. The number of carbonyl (C=O) groups is 1. The van der Waals surface area contributed by atoms with Crippen LogP contribution in [0, 0.1) is 5.92 Å². The van der Waals surface area contributed by atoms with Gasteiger partial charge in [-0.2, -0.15) is 13.2 Å². The number of hydrogen-bond acceptors (Lipinski definition) is 3. The first-order chi connectivity index (χ1) is 9.79. The number of hydrogen-bond donors (Lipinski definition) is 2. The highest BCUT2D eigenvalue weighted by Crippen LogP contribution is 2.32. The van der Waals surface area contributed by atoms with Crippen LogP contribution in [-0.4, -0.2) is 17.8 Å². The zero-order valence-corrected chi connectivity index (χ0v) is 11.7. The zero-order valence-electron chi connectivity index (χ0n) is 11.7. The van der Waals surface area contributed by atoms with Crippen LogP contribution in [0.2, 0.25) is 0 Å². The molecule has 1 unspecified atom stereocenters. The van der Waals surface area contributed by atoms with Crippen LogP contribution in [0.1, 0.15) is 25.0 Å². The summed E-state index contributed by atoms with van der Waals surface area (Å²) in [5.74, 6) is 0.0165. The van der Waals surface area contributed by atoms with Gasteiger partial charge in [-0.15, -0.1) is 0 Å². The van der Waals surface area contributed by atoms with E-state index in [4.69, 9.17) is 0 Å². The molecule has 21 heavy (non-hydrogen) atoms. The molecule has 1 atom stereocenters. The summed E-state index contributed by atoms with van der Waals surface area (Å²) in [6.07, 6.45) is -4.42. The van der Waals surface area contributed by atoms with Crippen molar-refractivity contribution in [2.24, 2.45) is 10.9 Å². The molecule has 1 heterocycles. The van der Waals surface area contributed by atoms with Crippen molar-refractivity contribution < 1.29 is 18.0 Å². The SMILES string of the molecule is CC(C)C1N=C(Cc2ccccc2C(F)(F)F)NNC1=O. The Morgan fingerprint density at radius 3 is 2.52 bits per heavy atom. The predicted octanol–water partition coefficient (Wildman–Crippen LogP) is 2.31. The summed E-state index contributed by atoms with van der Waals surface area (Å²) in [6.45, 7) is 3.67. The van der Waals surface area contributed by atoms with Crippen molar-refractivity contribution in [3.05, 3.63) is 35.4 Å². The Labute approximate surface area is 120 Å². The number of amidine groups is 1. The third-order valence-electron chi connectivity index (χ3n) is 3.21. The predicted molar refractivity (Wildman–Crippen MR) is 72.5 cm³/mol. The number of alkyl halides is 3. The van der Waals surface area contributed by atoms with Gasteiger partial charge in [0.2, 0.25) is 0 Å². The molecule has 1 aromatic rings. The van der Waals surface area contributed by atoms with E-state index in [1.54, 1.807) is 6.07 Å². The minimum atomic E-state index is -4.41. The number of hydrazine groups is 1. The fraction of sp³-hybridized carbons (Fsp3) is 0.429. The Bertz CT molecular complexity index is 567. The molecule has 0 saturated carbocycles. The molecule has 0 bridgehead atoms. The largest absolute Gasteiger partial charge is 0.416 e. The molecule has 0 radical (unpaired) electrons. The van der Waals surface area contributed by atoms with Gasteiger partial charge >= 0.3 is 6.18 Å². The zero-order chi connectivity index (χ0) is 15.6. The summed E-state index contributed by atoms with van der Waals surface area (Å²) in [7, 11) is 0. The van der Waals surface area contributed by atoms with E-state index in [1.807, 2.05) is 13.8 Å². The topological polar surface area (TPSA) is 53.5 Å². The Kier molecular flexibility index (Phi) is 4.20. The average molecular weight is 299 g/mol. The molecule has 0 spiro atoms. The quantitative estimate of drug-likeness (QED) is 0.900. The second kappa shape index (κ2) is 5.75. The highest BCUT2D eigenvalue weighted by molar-refractivity contribution is 5.94. The van der Waals surface area contributed by atoms with E-state index < -0.39 is 17.8 Å². The molecule has 1 aromatic carbocycles. The molecule has 0 saturated heterocycles. The minimum Gasteiger partial charge on any atom is -0.285 e. The first kappa shape index (κ1) is 15.3. The van der Waals surface area contributed by atoms with E-state index in [0.29, 0.717) is 5.84 Å². The minimum absolute atomic E-state index is 0.0147. The first-order valence-corrected chi connectivity index (χ1v) is 6.56. The van der Waals surface area contributed by atoms with Crippen LogP contribution in [0.3, 0.4) is 0 Å². The summed E-state index contributed by atoms with van der Waals surface area (Å²) in [5.41, 5.74) is 4.44. The van der Waals surface area contributed by atoms with Crippen LogP contribution in [0.25, 0.3) is 0 Å². The summed E-state index contributed by atoms with van der Waals surface area (Å²) >= 11 is 0. The van der Waals surface area contributed by atoms with Gasteiger partial charge in [0.15, 0.2) is 0 Å². The molecule has 2 N–H and O–H groups in total. The van der Waals surface area contributed by atoms with Gasteiger partial charge in [-0.1, -0.05) is 32.0 Å². The number of rotatable bonds is 3. The maximum Gasteiger partial charge on any atom is 0.416 e. The van der Waals surface area contributed by atoms with Crippen LogP contribution in [-0.2, 0) is 17.4 Å². The maximum atomic E-state index is 12.9. The molecule has 0 aliphatic carbocycles. The van der Waals surface area contributed by atoms with Gasteiger partial charge in [-0.3, -0.25) is 20.6 Å². The molecular formula is C14H16F3N3O. The van der Waals surface area contributed by atoms with Crippen molar-refractivity contribution >= 4 is 11.7 Å². The average Bonchev–Trinajstić information content (AvgIpc) is 2.40. The van der Waals surface area contributed by atoms with Crippen molar-refractivity contribution in [1.82, 2.24) is 10.9 Å². The second-order valence-corrected chi connectivity index (χ2v) is 5.21. The highest BCUT2D eigenvalue weighted by Gasteiger charge is 2.33. The van der Waals surface area contributed by atoms with Crippen molar-refractivity contribution in [2.45, 2.75) is 32.5 Å². The number of nitrogens with one attached hydrogen (secondary N) is 2. The number of carbonyl (C=O) groups excluding carboxylic acids is 1. The summed E-state index contributed by atoms with van der Waals surface area (Å²) in [6, 6.07) is 4.76.